The van der Waals surface area contributed by atoms with Gasteiger partial charge in [0.15, 0.2) is 0 Å². The van der Waals surface area contributed by atoms with Gasteiger partial charge < -0.3 is 9.47 Å². The molecule has 0 radical (unpaired) electrons. The second kappa shape index (κ2) is 6.72. The van der Waals surface area contributed by atoms with E-state index in [1.807, 2.05) is 59.9 Å². The molecule has 0 unspecified atom stereocenters. The summed E-state index contributed by atoms with van der Waals surface area (Å²) >= 11 is 0. The van der Waals surface area contributed by atoms with Gasteiger partial charge in [-0.25, -0.2) is 14.2 Å². The highest BCUT2D eigenvalue weighted by Crippen LogP contribution is 2.35. The molecule has 0 aliphatic carbocycles. The number of hydrogen-bond acceptors (Lipinski definition) is 5. The van der Waals surface area contributed by atoms with Gasteiger partial charge in [0, 0.05) is 35.9 Å². The molecule has 0 bridgehead atoms. The van der Waals surface area contributed by atoms with Crippen LogP contribution in [-0.2, 0) is 15.9 Å². The Kier molecular flexibility index (Phi) is 4.52. The molecular weight excluding hydrogens is 382 g/mol. The lowest BCUT2D eigenvalue weighted by Gasteiger charge is -2.21. The fourth-order valence-corrected chi connectivity index (χ4v) is 3.71. The van der Waals surface area contributed by atoms with Gasteiger partial charge in [0.05, 0.1) is 11.0 Å². The van der Waals surface area contributed by atoms with Gasteiger partial charge in [0.2, 0.25) is 0 Å². The van der Waals surface area contributed by atoms with E-state index in [2.05, 4.69) is 4.99 Å². The van der Waals surface area contributed by atoms with Gasteiger partial charge in [0.1, 0.15) is 11.2 Å². The smallest absolute Gasteiger partial charge is 0.419 e. The fraction of sp³-hybridized carbons (Fsp3) is 0.435. The molecule has 1 aromatic carbocycles. The van der Waals surface area contributed by atoms with E-state index in [1.54, 1.807) is 17.0 Å². The van der Waals surface area contributed by atoms with Gasteiger partial charge in [-0.15, -0.1) is 0 Å². The van der Waals surface area contributed by atoms with Crippen LogP contribution in [0.5, 0.6) is 0 Å². The Hall–Kier alpha value is -3.09. The SMILES string of the molecule is CC(C)(C)OC(=O)n1cc2c3ccc4c(c3n(C(=O)OC(C)(C)C)c2c1)CCN=C4. The van der Waals surface area contributed by atoms with Crippen molar-refractivity contribution in [2.24, 2.45) is 4.99 Å². The molecule has 2 aromatic heterocycles. The van der Waals surface area contributed by atoms with E-state index in [9.17, 15) is 9.59 Å². The summed E-state index contributed by atoms with van der Waals surface area (Å²) in [5.41, 5.74) is 2.22. The number of aromatic nitrogens is 2. The summed E-state index contributed by atoms with van der Waals surface area (Å²) in [6.45, 7) is 11.6. The molecule has 1 aliphatic heterocycles. The summed E-state index contributed by atoms with van der Waals surface area (Å²) in [6, 6.07) is 3.97. The summed E-state index contributed by atoms with van der Waals surface area (Å²) in [5.74, 6) is 0. The maximum Gasteiger partial charge on any atom is 0.419 e. The molecular formula is C23H27N3O4. The highest BCUT2D eigenvalue weighted by atomic mass is 16.6. The zero-order valence-corrected chi connectivity index (χ0v) is 18.3. The summed E-state index contributed by atoms with van der Waals surface area (Å²) in [7, 11) is 0. The Bertz CT molecular complexity index is 1200. The molecule has 0 atom stereocenters. The van der Waals surface area contributed by atoms with Crippen molar-refractivity contribution < 1.29 is 19.1 Å². The number of nitrogens with zero attached hydrogens (tertiary/aromatic N) is 3. The lowest BCUT2D eigenvalue weighted by molar-refractivity contribution is 0.0526. The van der Waals surface area contributed by atoms with E-state index in [-0.39, 0.29) is 0 Å². The summed E-state index contributed by atoms with van der Waals surface area (Å²) in [4.78, 5) is 30.2. The molecule has 0 saturated heterocycles. The first kappa shape index (κ1) is 20.2. The molecule has 1 aliphatic rings. The molecule has 30 heavy (non-hydrogen) atoms. The number of carbonyl (C=O) groups is 2. The highest BCUT2D eigenvalue weighted by molar-refractivity contribution is 6.15. The van der Waals surface area contributed by atoms with Crippen LogP contribution in [0.3, 0.4) is 0 Å². The van der Waals surface area contributed by atoms with Gasteiger partial charge in [-0.3, -0.25) is 9.56 Å². The largest absolute Gasteiger partial charge is 0.443 e. The third kappa shape index (κ3) is 3.60. The minimum atomic E-state index is -0.649. The monoisotopic (exact) mass is 409 g/mol. The minimum Gasteiger partial charge on any atom is -0.443 e. The van der Waals surface area contributed by atoms with Crippen LogP contribution in [0.4, 0.5) is 9.59 Å². The van der Waals surface area contributed by atoms with E-state index in [0.29, 0.717) is 12.1 Å². The van der Waals surface area contributed by atoms with E-state index in [4.69, 9.17) is 9.47 Å². The van der Waals surface area contributed by atoms with Crippen molar-refractivity contribution in [3.05, 3.63) is 35.7 Å². The van der Waals surface area contributed by atoms with Crippen molar-refractivity contribution in [1.82, 2.24) is 9.13 Å². The number of carbonyl (C=O) groups excluding carboxylic acids is 2. The van der Waals surface area contributed by atoms with Crippen molar-refractivity contribution in [2.45, 2.75) is 59.2 Å². The van der Waals surface area contributed by atoms with Gasteiger partial charge >= 0.3 is 12.2 Å². The van der Waals surface area contributed by atoms with Crippen LogP contribution >= 0.6 is 0 Å². The Balaban J connectivity index is 1.96. The van der Waals surface area contributed by atoms with Crippen molar-refractivity contribution >= 4 is 40.2 Å². The Morgan fingerprint density at radius 3 is 2.27 bits per heavy atom. The predicted octanol–water partition coefficient (Wildman–Crippen LogP) is 5.14. The zero-order chi connectivity index (χ0) is 21.8. The van der Waals surface area contributed by atoms with Crippen LogP contribution in [0.2, 0.25) is 0 Å². The Morgan fingerprint density at radius 1 is 0.933 bits per heavy atom. The second-order valence-corrected chi connectivity index (χ2v) is 9.58. The zero-order valence-electron chi connectivity index (χ0n) is 18.3. The summed E-state index contributed by atoms with van der Waals surface area (Å²) in [6.07, 6.45) is 4.97. The van der Waals surface area contributed by atoms with Crippen LogP contribution < -0.4 is 0 Å². The average Bonchev–Trinajstić information content (AvgIpc) is 3.15. The first-order valence-electron chi connectivity index (χ1n) is 10.1. The topological polar surface area (TPSA) is 74.8 Å². The molecule has 0 amide bonds. The molecule has 3 aromatic rings. The number of benzene rings is 1. The summed E-state index contributed by atoms with van der Waals surface area (Å²) < 4.78 is 14.2. The van der Waals surface area contributed by atoms with Crippen molar-refractivity contribution in [3.8, 4) is 0 Å². The molecule has 0 spiro atoms. The van der Waals surface area contributed by atoms with Crippen LogP contribution in [0.15, 0.2) is 29.5 Å². The molecule has 7 heteroatoms. The van der Waals surface area contributed by atoms with Crippen LogP contribution in [0, 0.1) is 0 Å². The second-order valence-electron chi connectivity index (χ2n) is 9.58. The quantitative estimate of drug-likeness (QED) is 0.515. The highest BCUT2D eigenvalue weighted by Gasteiger charge is 2.27. The van der Waals surface area contributed by atoms with Gasteiger partial charge in [0.25, 0.3) is 0 Å². The molecule has 4 rings (SSSR count). The van der Waals surface area contributed by atoms with Crippen LogP contribution in [-0.4, -0.2) is 45.3 Å². The first-order chi connectivity index (χ1) is 13.9. The third-order valence-electron chi connectivity index (χ3n) is 4.78. The standard InChI is InChI=1S/C23H27N3O4/c1-22(2,3)29-20(27)25-12-17-16-8-7-14-11-24-10-9-15(14)19(16)26(18(17)13-25)21(28)30-23(4,5)6/h7-8,11-13H,9-10H2,1-6H3. The summed E-state index contributed by atoms with van der Waals surface area (Å²) in [5, 5.41) is 1.69. The van der Waals surface area contributed by atoms with E-state index < -0.39 is 23.4 Å². The minimum absolute atomic E-state index is 0.472. The third-order valence-corrected chi connectivity index (χ3v) is 4.78. The molecule has 3 heterocycles. The predicted molar refractivity (Wildman–Crippen MR) is 117 cm³/mol. The molecule has 7 nitrogen and oxygen atoms in total. The molecule has 0 fully saturated rings. The number of fused-ring (bicyclic) bond motifs is 5. The maximum atomic E-state index is 13.2. The van der Waals surface area contributed by atoms with Gasteiger partial charge in [-0.2, -0.15) is 0 Å². The van der Waals surface area contributed by atoms with E-state index in [0.717, 1.165) is 33.8 Å². The van der Waals surface area contributed by atoms with E-state index in [1.165, 1.54) is 4.57 Å². The Morgan fingerprint density at radius 2 is 1.60 bits per heavy atom. The molecule has 0 N–H and O–H groups in total. The van der Waals surface area contributed by atoms with Crippen LogP contribution in [0.1, 0.15) is 52.7 Å². The molecule has 158 valence electrons. The van der Waals surface area contributed by atoms with Crippen LogP contribution in [0.25, 0.3) is 21.8 Å². The van der Waals surface area contributed by atoms with E-state index >= 15 is 0 Å². The number of ether oxygens (including phenoxy) is 2. The number of rotatable bonds is 0. The maximum absolute atomic E-state index is 13.2. The number of hydrogen-bond donors (Lipinski definition) is 0. The first-order valence-corrected chi connectivity index (χ1v) is 10.1. The molecule has 0 saturated carbocycles. The van der Waals surface area contributed by atoms with Crippen molar-refractivity contribution in [2.75, 3.05) is 6.54 Å². The van der Waals surface area contributed by atoms with Crippen molar-refractivity contribution in [3.63, 3.8) is 0 Å². The van der Waals surface area contributed by atoms with Gasteiger partial charge in [-0.1, -0.05) is 12.1 Å². The normalized spacial score (nSPS) is 14.2. The fourth-order valence-electron chi connectivity index (χ4n) is 3.71. The number of aliphatic imine (C=N–C) groups is 1. The lowest BCUT2D eigenvalue weighted by atomic mass is 9.99. The van der Waals surface area contributed by atoms with Gasteiger partial charge in [-0.05, 0) is 59.1 Å². The average molecular weight is 409 g/mol. The lowest BCUT2D eigenvalue weighted by Crippen LogP contribution is -2.28. The Labute approximate surface area is 175 Å². The van der Waals surface area contributed by atoms with Crippen molar-refractivity contribution in [1.29, 1.82) is 0 Å².